The summed E-state index contributed by atoms with van der Waals surface area (Å²) >= 11 is 1.08. The molecule has 2 rings (SSSR count). The minimum Gasteiger partial charge on any atom is -0.462 e. The normalized spacial score (nSPS) is 14.6. The fourth-order valence-corrected chi connectivity index (χ4v) is 3.27. The molecule has 0 aromatic carbocycles. The summed E-state index contributed by atoms with van der Waals surface area (Å²) in [5, 5.41) is 11.6. The molecule has 1 aliphatic rings. The van der Waals surface area contributed by atoms with Gasteiger partial charge in [0, 0.05) is 13.1 Å². The summed E-state index contributed by atoms with van der Waals surface area (Å²) in [6.45, 7) is 5.95. The molecule has 0 unspecified atom stereocenters. The number of pyridine rings is 1. The smallest absolute Gasteiger partial charge is 0.340 e. The summed E-state index contributed by atoms with van der Waals surface area (Å²) in [6.07, 6.45) is 0. The van der Waals surface area contributed by atoms with Crippen molar-refractivity contribution in [2.75, 3.05) is 19.7 Å². The lowest BCUT2D eigenvalue weighted by atomic mass is 10.1. The van der Waals surface area contributed by atoms with Crippen molar-refractivity contribution in [1.29, 1.82) is 5.26 Å². The zero-order chi connectivity index (χ0) is 18.6. The number of urea groups is 1. The number of carbonyl (C=O) groups excluding carboxylic acids is 3. The molecule has 0 aliphatic carbocycles. The lowest BCUT2D eigenvalue weighted by Crippen LogP contribution is -2.39. The molecule has 1 fully saturated rings. The number of esters is 1. The highest BCUT2D eigenvalue weighted by atomic mass is 32.2. The van der Waals surface area contributed by atoms with Crippen molar-refractivity contribution in [3.8, 4) is 6.07 Å². The van der Waals surface area contributed by atoms with Gasteiger partial charge in [0.25, 0.3) is 0 Å². The van der Waals surface area contributed by atoms with Gasteiger partial charge in [-0.1, -0.05) is 11.8 Å². The van der Waals surface area contributed by atoms with Crippen LogP contribution in [0.2, 0.25) is 0 Å². The predicted molar refractivity (Wildman–Crippen MR) is 90.1 cm³/mol. The van der Waals surface area contributed by atoms with Crippen LogP contribution >= 0.6 is 11.8 Å². The Hall–Kier alpha value is -2.60. The molecular formula is C16H18N4O4S. The number of nitrogens with one attached hydrogen (secondary N) is 1. The number of carbonyl (C=O) groups is 3. The van der Waals surface area contributed by atoms with E-state index in [0.717, 1.165) is 16.7 Å². The van der Waals surface area contributed by atoms with Crippen LogP contribution in [0.25, 0.3) is 0 Å². The average Bonchev–Trinajstić information content (AvgIpc) is 3.00. The zero-order valence-corrected chi connectivity index (χ0v) is 15.0. The maximum atomic E-state index is 12.4. The first-order chi connectivity index (χ1) is 11.9. The van der Waals surface area contributed by atoms with Gasteiger partial charge in [-0.25, -0.2) is 14.6 Å². The summed E-state index contributed by atoms with van der Waals surface area (Å²) in [5.41, 5.74) is 0.823. The highest BCUT2D eigenvalue weighted by molar-refractivity contribution is 8.00. The van der Waals surface area contributed by atoms with E-state index >= 15 is 0 Å². The van der Waals surface area contributed by atoms with Gasteiger partial charge in [0.15, 0.2) is 0 Å². The first kappa shape index (κ1) is 18.7. The van der Waals surface area contributed by atoms with Crippen LogP contribution in [-0.2, 0) is 9.53 Å². The highest BCUT2D eigenvalue weighted by Crippen LogP contribution is 2.28. The molecule has 2 heterocycles. The van der Waals surface area contributed by atoms with E-state index in [9.17, 15) is 19.6 Å². The average molecular weight is 362 g/mol. The van der Waals surface area contributed by atoms with Crippen LogP contribution in [0.1, 0.15) is 35.5 Å². The van der Waals surface area contributed by atoms with Gasteiger partial charge in [0.2, 0.25) is 5.91 Å². The van der Waals surface area contributed by atoms with Gasteiger partial charge >= 0.3 is 12.0 Å². The molecule has 1 saturated heterocycles. The van der Waals surface area contributed by atoms with E-state index in [2.05, 4.69) is 10.3 Å². The summed E-state index contributed by atoms with van der Waals surface area (Å²) < 4.78 is 4.95. The van der Waals surface area contributed by atoms with Crippen LogP contribution in [0.5, 0.6) is 0 Å². The van der Waals surface area contributed by atoms with Crippen LogP contribution < -0.4 is 5.32 Å². The van der Waals surface area contributed by atoms with Crippen LogP contribution in [0, 0.1) is 18.3 Å². The molecular weight excluding hydrogens is 344 g/mol. The standard InChI is InChI=1S/C16H18N4O4S/c1-4-24-15(22)12-7-11(8-17)13(19-9(12)2)25-10(3)14(21)20-6-5-18-16(20)23/h7,10H,4-6H2,1-3H3,(H,18,23)/t10-/m1/s1. The number of hydrogen-bond acceptors (Lipinski definition) is 7. The molecule has 25 heavy (non-hydrogen) atoms. The van der Waals surface area contributed by atoms with Gasteiger partial charge < -0.3 is 10.1 Å². The summed E-state index contributed by atoms with van der Waals surface area (Å²) in [6, 6.07) is 2.99. The predicted octanol–water partition coefficient (Wildman–Crippen LogP) is 1.47. The number of thioether (sulfide) groups is 1. The number of aromatic nitrogens is 1. The molecule has 9 heteroatoms. The lowest BCUT2D eigenvalue weighted by Gasteiger charge is -2.18. The topological polar surface area (TPSA) is 112 Å². The van der Waals surface area contributed by atoms with Gasteiger partial charge in [-0.3, -0.25) is 9.69 Å². The number of nitrogens with zero attached hydrogens (tertiary/aromatic N) is 3. The van der Waals surface area contributed by atoms with Gasteiger partial charge in [-0.05, 0) is 26.8 Å². The Bertz CT molecular complexity index is 759. The molecule has 0 spiro atoms. The van der Waals surface area contributed by atoms with Gasteiger partial charge in [-0.15, -0.1) is 0 Å². The van der Waals surface area contributed by atoms with Crippen LogP contribution in [0.3, 0.4) is 0 Å². The van der Waals surface area contributed by atoms with Gasteiger partial charge in [0.05, 0.1) is 28.7 Å². The molecule has 0 radical (unpaired) electrons. The number of ether oxygens (including phenoxy) is 1. The van der Waals surface area contributed by atoms with Gasteiger partial charge in [-0.2, -0.15) is 5.26 Å². The van der Waals surface area contributed by atoms with E-state index in [1.807, 2.05) is 6.07 Å². The van der Waals surface area contributed by atoms with Crippen molar-refractivity contribution in [2.45, 2.75) is 31.0 Å². The number of amides is 3. The first-order valence-electron chi connectivity index (χ1n) is 7.73. The van der Waals surface area contributed by atoms with E-state index in [4.69, 9.17) is 4.74 Å². The second-order valence-corrected chi connectivity index (χ2v) is 6.62. The second-order valence-electron chi connectivity index (χ2n) is 5.29. The quantitative estimate of drug-likeness (QED) is 0.623. The molecule has 1 aliphatic heterocycles. The Morgan fingerprint density at radius 1 is 1.56 bits per heavy atom. The Labute approximate surface area is 149 Å². The minimum absolute atomic E-state index is 0.184. The Balaban J connectivity index is 2.23. The van der Waals surface area contributed by atoms with E-state index in [1.54, 1.807) is 20.8 Å². The lowest BCUT2D eigenvalue weighted by molar-refractivity contribution is -0.126. The minimum atomic E-state index is -0.601. The second kappa shape index (κ2) is 7.98. The molecule has 1 atom stereocenters. The van der Waals surface area contributed by atoms with Crippen LogP contribution in [0.15, 0.2) is 11.1 Å². The van der Waals surface area contributed by atoms with E-state index in [1.165, 1.54) is 6.07 Å². The van der Waals surface area contributed by atoms with E-state index < -0.39 is 17.3 Å². The van der Waals surface area contributed by atoms with Crippen molar-refractivity contribution < 1.29 is 19.1 Å². The Kier molecular flexibility index (Phi) is 5.98. The molecule has 0 saturated carbocycles. The monoisotopic (exact) mass is 362 g/mol. The van der Waals surface area contributed by atoms with E-state index in [0.29, 0.717) is 23.8 Å². The van der Waals surface area contributed by atoms with Crippen LogP contribution in [-0.4, -0.2) is 52.7 Å². The van der Waals surface area contributed by atoms with Gasteiger partial charge in [0.1, 0.15) is 11.1 Å². The molecule has 132 valence electrons. The third-order valence-electron chi connectivity index (χ3n) is 3.55. The fourth-order valence-electron chi connectivity index (χ4n) is 2.29. The van der Waals surface area contributed by atoms with Crippen LogP contribution in [0.4, 0.5) is 4.79 Å². The number of hydrogen-bond donors (Lipinski definition) is 1. The van der Waals surface area contributed by atoms with Crippen molar-refractivity contribution in [3.05, 3.63) is 22.9 Å². The number of imide groups is 1. The summed E-state index contributed by atoms with van der Waals surface area (Å²) in [7, 11) is 0. The molecule has 3 amide bonds. The molecule has 1 aromatic heterocycles. The van der Waals surface area contributed by atoms with Crippen molar-refractivity contribution >= 4 is 29.7 Å². The van der Waals surface area contributed by atoms with Crippen molar-refractivity contribution in [2.24, 2.45) is 0 Å². The third-order valence-corrected chi connectivity index (χ3v) is 4.64. The number of aryl methyl sites for hydroxylation is 1. The summed E-state index contributed by atoms with van der Waals surface area (Å²) in [5.74, 6) is -0.892. The van der Waals surface area contributed by atoms with Crippen molar-refractivity contribution in [3.63, 3.8) is 0 Å². The number of nitriles is 1. The largest absolute Gasteiger partial charge is 0.462 e. The molecule has 1 aromatic rings. The highest BCUT2D eigenvalue weighted by Gasteiger charge is 2.31. The maximum absolute atomic E-state index is 12.4. The fraction of sp³-hybridized carbons (Fsp3) is 0.438. The SMILES string of the molecule is CCOC(=O)c1cc(C#N)c(S[C@H](C)C(=O)N2CCNC2=O)nc1C. The van der Waals surface area contributed by atoms with Crippen molar-refractivity contribution in [1.82, 2.24) is 15.2 Å². The summed E-state index contributed by atoms with van der Waals surface area (Å²) in [4.78, 5) is 41.3. The Morgan fingerprint density at radius 2 is 2.28 bits per heavy atom. The van der Waals surface area contributed by atoms with E-state index in [-0.39, 0.29) is 23.6 Å². The molecule has 0 bridgehead atoms. The zero-order valence-electron chi connectivity index (χ0n) is 14.2. The Morgan fingerprint density at radius 3 is 2.84 bits per heavy atom. The molecule has 8 nitrogen and oxygen atoms in total. The maximum Gasteiger partial charge on any atom is 0.340 e. The third kappa shape index (κ3) is 4.09. The number of rotatable bonds is 5. The molecule has 1 N–H and O–H groups in total. The first-order valence-corrected chi connectivity index (χ1v) is 8.61.